The Bertz CT molecular complexity index is 1220. The van der Waals surface area contributed by atoms with E-state index in [4.69, 9.17) is 5.11 Å². The number of nitrogens with one attached hydrogen (secondary N) is 1. The molecular formula is C25H30F2N6O. The molecule has 4 heterocycles. The number of nitrogens with zero attached hydrogens (tertiary/aromatic N) is 5. The van der Waals surface area contributed by atoms with Gasteiger partial charge < -0.3 is 10.4 Å². The van der Waals surface area contributed by atoms with Crippen molar-refractivity contribution >= 4 is 17.0 Å². The SMILES string of the molecule is CCCCC(C)(C)O.CCc1ccn2nc(-c3ccc(F)cn3)nc(Nc3ccncc3F)c12. The van der Waals surface area contributed by atoms with E-state index in [0.717, 1.165) is 42.7 Å². The van der Waals surface area contributed by atoms with Crippen LogP contribution in [0.3, 0.4) is 0 Å². The van der Waals surface area contributed by atoms with E-state index >= 15 is 0 Å². The number of unbranched alkanes of at least 4 members (excludes halogenated alkanes) is 1. The van der Waals surface area contributed by atoms with Crippen molar-refractivity contribution in [2.24, 2.45) is 0 Å². The number of halogens is 2. The normalized spacial score (nSPS) is 11.3. The maximum absolute atomic E-state index is 14.0. The molecule has 0 aliphatic carbocycles. The van der Waals surface area contributed by atoms with Crippen molar-refractivity contribution in [1.82, 2.24) is 24.6 Å². The summed E-state index contributed by atoms with van der Waals surface area (Å²) in [4.78, 5) is 12.3. The van der Waals surface area contributed by atoms with E-state index in [1.165, 1.54) is 30.8 Å². The van der Waals surface area contributed by atoms with Crippen LogP contribution in [0.2, 0.25) is 0 Å². The van der Waals surface area contributed by atoms with Crippen molar-refractivity contribution < 1.29 is 13.9 Å². The van der Waals surface area contributed by atoms with Crippen molar-refractivity contribution in [3.05, 3.63) is 66.3 Å². The lowest BCUT2D eigenvalue weighted by atomic mass is 10.0. The van der Waals surface area contributed by atoms with Crippen LogP contribution in [0.15, 0.2) is 49.1 Å². The number of pyridine rings is 2. The molecule has 9 heteroatoms. The summed E-state index contributed by atoms with van der Waals surface area (Å²) in [6.07, 6.45) is 9.51. The van der Waals surface area contributed by atoms with Crippen LogP contribution in [0.1, 0.15) is 52.5 Å². The van der Waals surface area contributed by atoms with E-state index in [1.54, 1.807) is 10.7 Å². The summed E-state index contributed by atoms with van der Waals surface area (Å²) in [7, 11) is 0. The van der Waals surface area contributed by atoms with Crippen LogP contribution in [0.5, 0.6) is 0 Å². The Balaban J connectivity index is 0.000000350. The molecule has 0 saturated carbocycles. The molecule has 0 amide bonds. The summed E-state index contributed by atoms with van der Waals surface area (Å²) < 4.78 is 28.8. The van der Waals surface area contributed by atoms with Gasteiger partial charge in [0, 0.05) is 12.4 Å². The van der Waals surface area contributed by atoms with Crippen LogP contribution >= 0.6 is 0 Å². The third kappa shape index (κ3) is 6.54. The minimum atomic E-state index is -0.490. The van der Waals surface area contributed by atoms with Gasteiger partial charge in [0.2, 0.25) is 5.82 Å². The summed E-state index contributed by atoms with van der Waals surface area (Å²) >= 11 is 0. The molecule has 4 aromatic heterocycles. The van der Waals surface area contributed by atoms with Gasteiger partial charge in [0.15, 0.2) is 11.6 Å². The zero-order valence-corrected chi connectivity index (χ0v) is 19.9. The molecule has 4 rings (SSSR count). The second-order valence-electron chi connectivity index (χ2n) is 8.53. The molecule has 34 heavy (non-hydrogen) atoms. The van der Waals surface area contributed by atoms with Gasteiger partial charge >= 0.3 is 0 Å². The van der Waals surface area contributed by atoms with Crippen LogP contribution in [0.25, 0.3) is 17.0 Å². The smallest absolute Gasteiger partial charge is 0.200 e. The van der Waals surface area contributed by atoms with E-state index in [-0.39, 0.29) is 5.69 Å². The Morgan fingerprint density at radius 1 is 1.09 bits per heavy atom. The second kappa shape index (κ2) is 11.1. The van der Waals surface area contributed by atoms with Crippen LogP contribution in [-0.2, 0) is 6.42 Å². The number of anilines is 2. The molecule has 0 aliphatic heterocycles. The van der Waals surface area contributed by atoms with Gasteiger partial charge in [-0.1, -0.05) is 26.7 Å². The van der Waals surface area contributed by atoms with Crippen molar-refractivity contribution in [1.29, 1.82) is 0 Å². The van der Waals surface area contributed by atoms with Gasteiger partial charge in [-0.25, -0.2) is 23.3 Å². The largest absolute Gasteiger partial charge is 0.390 e. The van der Waals surface area contributed by atoms with E-state index in [9.17, 15) is 8.78 Å². The lowest BCUT2D eigenvalue weighted by Crippen LogP contribution is -2.17. The Labute approximate surface area is 197 Å². The summed E-state index contributed by atoms with van der Waals surface area (Å²) in [6, 6.07) is 6.24. The van der Waals surface area contributed by atoms with Crippen LogP contribution in [0, 0.1) is 11.6 Å². The molecule has 0 spiro atoms. The van der Waals surface area contributed by atoms with Crippen LogP contribution in [-0.4, -0.2) is 35.3 Å². The molecule has 0 saturated heterocycles. The number of aromatic nitrogens is 5. The average molecular weight is 469 g/mol. The fourth-order valence-corrected chi connectivity index (χ4v) is 3.29. The first-order chi connectivity index (χ1) is 16.2. The molecule has 0 unspecified atom stereocenters. The highest BCUT2D eigenvalue weighted by atomic mass is 19.1. The number of rotatable bonds is 7. The molecule has 0 aliphatic rings. The van der Waals surface area contributed by atoms with Gasteiger partial charge in [-0.3, -0.25) is 4.98 Å². The first-order valence-corrected chi connectivity index (χ1v) is 11.3. The second-order valence-corrected chi connectivity index (χ2v) is 8.53. The zero-order chi connectivity index (χ0) is 24.7. The van der Waals surface area contributed by atoms with Crippen molar-refractivity contribution in [3.8, 4) is 11.5 Å². The predicted octanol–water partition coefficient (Wildman–Crippen LogP) is 5.72. The maximum Gasteiger partial charge on any atom is 0.200 e. The highest BCUT2D eigenvalue weighted by Crippen LogP contribution is 2.27. The number of fused-ring (bicyclic) bond motifs is 1. The Morgan fingerprint density at radius 2 is 1.88 bits per heavy atom. The van der Waals surface area contributed by atoms with E-state index in [0.29, 0.717) is 17.3 Å². The lowest BCUT2D eigenvalue weighted by Gasteiger charge is -2.15. The zero-order valence-electron chi connectivity index (χ0n) is 19.9. The molecular weight excluding hydrogens is 438 g/mol. The fraction of sp³-hybridized carbons (Fsp3) is 0.360. The summed E-state index contributed by atoms with van der Waals surface area (Å²) in [5.41, 5.74) is 1.98. The van der Waals surface area contributed by atoms with Gasteiger partial charge in [-0.05, 0) is 56.5 Å². The number of hydrogen-bond donors (Lipinski definition) is 2. The molecule has 0 fully saturated rings. The molecule has 2 N–H and O–H groups in total. The first-order valence-electron chi connectivity index (χ1n) is 11.3. The molecule has 180 valence electrons. The number of aryl methyl sites for hydroxylation is 1. The Kier molecular flexibility index (Phi) is 8.22. The highest BCUT2D eigenvalue weighted by molar-refractivity contribution is 5.78. The highest BCUT2D eigenvalue weighted by Gasteiger charge is 2.15. The molecule has 7 nitrogen and oxygen atoms in total. The standard InChI is InChI=1S/C18H14F2N6.C7H16O/c1-2-11-6-8-26-16(11)18(23-14-5-7-21-10-13(14)20)24-17(25-26)15-4-3-12(19)9-22-15;1-4-5-6-7(2,3)8/h3-10H,2H2,1H3,(H,21,23,24,25);8H,4-6H2,1-3H3. The van der Waals surface area contributed by atoms with Crippen molar-refractivity contribution in [2.45, 2.75) is 59.0 Å². The van der Waals surface area contributed by atoms with E-state index < -0.39 is 17.2 Å². The van der Waals surface area contributed by atoms with Gasteiger partial charge in [0.05, 0.1) is 23.7 Å². The average Bonchev–Trinajstić information content (AvgIpc) is 3.23. The van der Waals surface area contributed by atoms with Gasteiger partial charge in [0.1, 0.15) is 17.0 Å². The summed E-state index contributed by atoms with van der Waals surface area (Å²) in [5, 5.41) is 16.6. The maximum atomic E-state index is 14.0. The first kappa shape index (κ1) is 25.2. The molecule has 0 aromatic carbocycles. The number of aliphatic hydroxyl groups is 1. The van der Waals surface area contributed by atoms with E-state index in [1.807, 2.05) is 26.8 Å². The topological polar surface area (TPSA) is 88.2 Å². The van der Waals surface area contributed by atoms with Gasteiger partial charge in [-0.15, -0.1) is 5.10 Å². The quantitative estimate of drug-likeness (QED) is 0.361. The monoisotopic (exact) mass is 468 g/mol. The predicted molar refractivity (Wildman–Crippen MR) is 129 cm³/mol. The van der Waals surface area contributed by atoms with E-state index in [2.05, 4.69) is 32.3 Å². The van der Waals surface area contributed by atoms with Crippen LogP contribution < -0.4 is 5.32 Å². The minimum absolute atomic E-state index is 0.252. The molecule has 0 bridgehead atoms. The van der Waals surface area contributed by atoms with Crippen LogP contribution in [0.4, 0.5) is 20.3 Å². The molecule has 0 radical (unpaired) electrons. The van der Waals surface area contributed by atoms with Crippen molar-refractivity contribution in [3.63, 3.8) is 0 Å². The third-order valence-corrected chi connectivity index (χ3v) is 5.10. The van der Waals surface area contributed by atoms with Gasteiger partial charge in [-0.2, -0.15) is 0 Å². The molecule has 4 aromatic rings. The fourth-order valence-electron chi connectivity index (χ4n) is 3.29. The van der Waals surface area contributed by atoms with Gasteiger partial charge in [0.25, 0.3) is 0 Å². The number of hydrogen-bond acceptors (Lipinski definition) is 6. The van der Waals surface area contributed by atoms with Crippen molar-refractivity contribution in [2.75, 3.05) is 5.32 Å². The Morgan fingerprint density at radius 3 is 2.47 bits per heavy atom. The lowest BCUT2D eigenvalue weighted by molar-refractivity contribution is 0.0686. The Hall–Kier alpha value is -3.46. The summed E-state index contributed by atoms with van der Waals surface area (Å²) in [5.74, 6) is -0.197. The minimum Gasteiger partial charge on any atom is -0.390 e. The third-order valence-electron chi connectivity index (χ3n) is 5.10. The molecule has 0 atom stereocenters. The summed E-state index contributed by atoms with van der Waals surface area (Å²) in [6.45, 7) is 7.85.